The van der Waals surface area contributed by atoms with E-state index in [2.05, 4.69) is 40.5 Å². The second-order valence-corrected chi connectivity index (χ2v) is 8.52. The molecule has 1 saturated carbocycles. The van der Waals surface area contributed by atoms with Crippen LogP contribution in [-0.4, -0.2) is 54.6 Å². The molecule has 2 amide bonds. The molecule has 1 aromatic carbocycles. The van der Waals surface area contributed by atoms with Crippen LogP contribution in [0.4, 0.5) is 4.79 Å². The van der Waals surface area contributed by atoms with E-state index in [1.54, 1.807) is 0 Å². The van der Waals surface area contributed by atoms with Gasteiger partial charge in [0, 0.05) is 44.7 Å². The standard InChI is InChI=1S/C22H33N3O/c26-22(25-15-10-20(17-25)19-8-2-1-3-9-19)23-21-11-13-24(14-12-21)16-18-6-4-5-7-18/h1-3,8-9,18,20-21H,4-7,10-17H2,(H,23,26)/t20-/m1/s1. The first-order valence-electron chi connectivity index (χ1n) is 10.6. The van der Waals surface area contributed by atoms with Crippen LogP contribution in [0.2, 0.25) is 0 Å². The Hall–Kier alpha value is -1.55. The molecule has 1 aromatic rings. The molecule has 0 bridgehead atoms. The Kier molecular flexibility index (Phi) is 5.78. The molecule has 1 atom stereocenters. The number of hydrogen-bond donors (Lipinski definition) is 1. The average Bonchev–Trinajstić information content (AvgIpc) is 3.36. The lowest BCUT2D eigenvalue weighted by atomic mass is 9.99. The van der Waals surface area contributed by atoms with Crippen molar-refractivity contribution in [1.29, 1.82) is 0 Å². The number of amides is 2. The minimum Gasteiger partial charge on any atom is -0.335 e. The number of benzene rings is 1. The summed E-state index contributed by atoms with van der Waals surface area (Å²) in [6.45, 7) is 5.32. The van der Waals surface area contributed by atoms with Gasteiger partial charge in [0.1, 0.15) is 0 Å². The number of carbonyl (C=O) groups excluding carboxylic acids is 1. The molecule has 3 aliphatic rings. The van der Waals surface area contributed by atoms with Gasteiger partial charge in [0.25, 0.3) is 0 Å². The first-order valence-corrected chi connectivity index (χ1v) is 10.6. The molecule has 1 N–H and O–H groups in total. The summed E-state index contributed by atoms with van der Waals surface area (Å²) in [5.74, 6) is 1.43. The molecule has 2 aliphatic heterocycles. The van der Waals surface area contributed by atoms with Crippen LogP contribution in [0, 0.1) is 5.92 Å². The van der Waals surface area contributed by atoms with Gasteiger partial charge >= 0.3 is 6.03 Å². The summed E-state index contributed by atoms with van der Waals surface area (Å²) in [7, 11) is 0. The molecular weight excluding hydrogens is 322 g/mol. The predicted octanol–water partition coefficient (Wildman–Crippen LogP) is 3.84. The summed E-state index contributed by atoms with van der Waals surface area (Å²) < 4.78 is 0. The third kappa shape index (κ3) is 4.40. The Morgan fingerprint density at radius 3 is 2.42 bits per heavy atom. The molecule has 4 rings (SSSR count). The molecule has 4 heteroatoms. The van der Waals surface area contributed by atoms with Gasteiger partial charge in [0.2, 0.25) is 0 Å². The summed E-state index contributed by atoms with van der Waals surface area (Å²) in [6, 6.07) is 11.1. The van der Waals surface area contributed by atoms with Crippen molar-refractivity contribution in [2.45, 2.75) is 56.9 Å². The largest absolute Gasteiger partial charge is 0.335 e. The second-order valence-electron chi connectivity index (χ2n) is 8.52. The van der Waals surface area contributed by atoms with E-state index in [0.29, 0.717) is 12.0 Å². The first-order chi connectivity index (χ1) is 12.8. The normalized spacial score (nSPS) is 25.7. The van der Waals surface area contributed by atoms with Crippen molar-refractivity contribution in [2.24, 2.45) is 5.92 Å². The number of piperidine rings is 1. The third-order valence-electron chi connectivity index (χ3n) is 6.65. The molecule has 3 fully saturated rings. The van der Waals surface area contributed by atoms with Crippen molar-refractivity contribution in [3.8, 4) is 0 Å². The molecule has 2 saturated heterocycles. The van der Waals surface area contributed by atoms with Crippen molar-refractivity contribution < 1.29 is 4.79 Å². The van der Waals surface area contributed by atoms with E-state index in [0.717, 1.165) is 51.4 Å². The molecule has 1 aliphatic carbocycles. The summed E-state index contributed by atoms with van der Waals surface area (Å²) in [6.07, 6.45) is 9.00. The highest BCUT2D eigenvalue weighted by atomic mass is 16.2. The average molecular weight is 356 g/mol. The Labute approximate surface area is 157 Å². The predicted molar refractivity (Wildman–Crippen MR) is 105 cm³/mol. The summed E-state index contributed by atoms with van der Waals surface area (Å²) >= 11 is 0. The quantitative estimate of drug-likeness (QED) is 0.891. The summed E-state index contributed by atoms with van der Waals surface area (Å²) in [5, 5.41) is 3.31. The van der Waals surface area contributed by atoms with Gasteiger partial charge in [-0.3, -0.25) is 0 Å². The Bertz CT molecular complexity index is 576. The van der Waals surface area contributed by atoms with E-state index in [1.165, 1.54) is 37.8 Å². The molecular formula is C22H33N3O. The minimum atomic E-state index is 0.151. The van der Waals surface area contributed by atoms with Gasteiger partial charge in [-0.2, -0.15) is 0 Å². The highest BCUT2D eigenvalue weighted by molar-refractivity contribution is 5.75. The lowest BCUT2D eigenvalue weighted by Gasteiger charge is -2.34. The van der Waals surface area contributed by atoms with Crippen LogP contribution in [0.15, 0.2) is 30.3 Å². The highest BCUT2D eigenvalue weighted by Crippen LogP contribution is 2.28. The van der Waals surface area contributed by atoms with Crippen LogP contribution < -0.4 is 5.32 Å². The van der Waals surface area contributed by atoms with E-state index in [4.69, 9.17) is 0 Å². The number of hydrogen-bond acceptors (Lipinski definition) is 2. The molecule has 0 spiro atoms. The number of nitrogens with zero attached hydrogens (tertiary/aromatic N) is 2. The fraction of sp³-hybridized carbons (Fsp3) is 0.682. The number of carbonyl (C=O) groups is 1. The van der Waals surface area contributed by atoms with Crippen molar-refractivity contribution in [1.82, 2.24) is 15.1 Å². The lowest BCUT2D eigenvalue weighted by molar-refractivity contribution is 0.163. The van der Waals surface area contributed by atoms with Crippen molar-refractivity contribution in [2.75, 3.05) is 32.7 Å². The Morgan fingerprint density at radius 1 is 0.962 bits per heavy atom. The van der Waals surface area contributed by atoms with Gasteiger partial charge in [-0.1, -0.05) is 43.2 Å². The van der Waals surface area contributed by atoms with Gasteiger partial charge in [0.15, 0.2) is 0 Å². The van der Waals surface area contributed by atoms with Crippen molar-refractivity contribution >= 4 is 6.03 Å². The van der Waals surface area contributed by atoms with Crippen LogP contribution in [0.5, 0.6) is 0 Å². The maximum Gasteiger partial charge on any atom is 0.317 e. The molecule has 0 unspecified atom stereocenters. The van der Waals surface area contributed by atoms with E-state index < -0.39 is 0 Å². The first kappa shape index (κ1) is 17.8. The van der Waals surface area contributed by atoms with Crippen molar-refractivity contribution in [3.63, 3.8) is 0 Å². The molecule has 142 valence electrons. The van der Waals surface area contributed by atoms with Gasteiger partial charge < -0.3 is 15.1 Å². The smallest absolute Gasteiger partial charge is 0.317 e. The SMILES string of the molecule is O=C(NC1CCN(CC2CCCC2)CC1)N1CC[C@@H](c2ccccc2)C1. The van der Waals surface area contributed by atoms with Crippen LogP contribution in [0.3, 0.4) is 0 Å². The number of rotatable bonds is 4. The van der Waals surface area contributed by atoms with Crippen molar-refractivity contribution in [3.05, 3.63) is 35.9 Å². The number of urea groups is 1. The van der Waals surface area contributed by atoms with E-state index >= 15 is 0 Å². The van der Waals surface area contributed by atoms with Gasteiger partial charge in [-0.05, 0) is 43.6 Å². The molecule has 0 aromatic heterocycles. The summed E-state index contributed by atoms with van der Waals surface area (Å²) in [4.78, 5) is 17.3. The zero-order valence-corrected chi connectivity index (χ0v) is 15.9. The fourth-order valence-corrected chi connectivity index (χ4v) is 5.03. The fourth-order valence-electron chi connectivity index (χ4n) is 5.03. The van der Waals surface area contributed by atoms with Gasteiger partial charge in [-0.15, -0.1) is 0 Å². The van der Waals surface area contributed by atoms with E-state index in [-0.39, 0.29) is 6.03 Å². The third-order valence-corrected chi connectivity index (χ3v) is 6.65. The number of likely N-dealkylation sites (tertiary alicyclic amines) is 2. The molecule has 26 heavy (non-hydrogen) atoms. The Morgan fingerprint density at radius 2 is 1.69 bits per heavy atom. The second kappa shape index (κ2) is 8.43. The van der Waals surface area contributed by atoms with E-state index in [9.17, 15) is 4.79 Å². The monoisotopic (exact) mass is 355 g/mol. The van der Waals surface area contributed by atoms with E-state index in [1.807, 2.05) is 4.90 Å². The molecule has 2 heterocycles. The van der Waals surface area contributed by atoms with Crippen LogP contribution in [-0.2, 0) is 0 Å². The maximum absolute atomic E-state index is 12.7. The van der Waals surface area contributed by atoms with Gasteiger partial charge in [0.05, 0.1) is 0 Å². The molecule has 0 radical (unpaired) electrons. The van der Waals surface area contributed by atoms with Crippen LogP contribution in [0.25, 0.3) is 0 Å². The topological polar surface area (TPSA) is 35.6 Å². The van der Waals surface area contributed by atoms with Crippen LogP contribution in [0.1, 0.15) is 56.4 Å². The zero-order chi connectivity index (χ0) is 17.8. The number of nitrogens with one attached hydrogen (secondary N) is 1. The highest BCUT2D eigenvalue weighted by Gasteiger charge is 2.29. The zero-order valence-electron chi connectivity index (χ0n) is 15.9. The minimum absolute atomic E-state index is 0.151. The summed E-state index contributed by atoms with van der Waals surface area (Å²) in [5.41, 5.74) is 1.36. The maximum atomic E-state index is 12.7. The Balaban J connectivity index is 1.20. The lowest BCUT2D eigenvalue weighted by Crippen LogP contribution is -2.49. The molecule has 4 nitrogen and oxygen atoms in total. The van der Waals surface area contributed by atoms with Gasteiger partial charge in [-0.25, -0.2) is 4.79 Å². The van der Waals surface area contributed by atoms with Crippen LogP contribution >= 0.6 is 0 Å².